The predicted octanol–water partition coefficient (Wildman–Crippen LogP) is 9.61. The lowest BCUT2D eigenvalue weighted by atomic mass is 9.64. The highest BCUT2D eigenvalue weighted by Gasteiger charge is 2.37. The van der Waals surface area contributed by atoms with Gasteiger partial charge >= 0.3 is 0 Å². The Bertz CT molecular complexity index is 1580. The van der Waals surface area contributed by atoms with Crippen LogP contribution in [0.3, 0.4) is 0 Å². The Morgan fingerprint density at radius 3 is 1.17 bits per heavy atom. The third kappa shape index (κ3) is 3.00. The van der Waals surface area contributed by atoms with Crippen molar-refractivity contribution in [1.29, 1.82) is 0 Å². The topological polar surface area (TPSA) is 0 Å². The molecule has 0 heteroatoms. The van der Waals surface area contributed by atoms with Gasteiger partial charge in [-0.05, 0) is 116 Å². The number of rotatable bonds is 2. The summed E-state index contributed by atoms with van der Waals surface area (Å²) in [4.78, 5) is 0. The third-order valence-corrected chi connectivity index (χ3v) is 8.97. The summed E-state index contributed by atoms with van der Waals surface area (Å²) in [7, 11) is 0. The van der Waals surface area contributed by atoms with Gasteiger partial charge in [0.15, 0.2) is 0 Å². The Hall–Kier alpha value is -3.38. The lowest BCUT2D eigenvalue weighted by molar-refractivity contribution is 0.456. The zero-order valence-electron chi connectivity index (χ0n) is 22.3. The Labute approximate surface area is 215 Å². The second kappa shape index (κ2) is 7.10. The molecule has 0 saturated carbocycles. The van der Waals surface area contributed by atoms with Crippen LogP contribution in [0.5, 0.6) is 0 Å². The van der Waals surface area contributed by atoms with Crippen molar-refractivity contribution in [2.45, 2.75) is 65.2 Å². The third-order valence-electron chi connectivity index (χ3n) is 8.97. The van der Waals surface area contributed by atoms with E-state index in [1.165, 1.54) is 77.2 Å². The van der Waals surface area contributed by atoms with Crippen molar-refractivity contribution in [2.75, 3.05) is 0 Å². The van der Waals surface area contributed by atoms with Crippen molar-refractivity contribution in [3.63, 3.8) is 0 Å². The van der Waals surface area contributed by atoms with Gasteiger partial charge in [-0.1, -0.05) is 99.5 Å². The van der Waals surface area contributed by atoms with Crippen LogP contribution in [-0.2, 0) is 23.7 Å². The van der Waals surface area contributed by atoms with E-state index in [1.807, 2.05) is 0 Å². The monoisotopic (exact) mass is 466 g/mol. The summed E-state index contributed by atoms with van der Waals surface area (Å²) in [5.74, 6) is 0. The van der Waals surface area contributed by atoms with Gasteiger partial charge < -0.3 is 0 Å². The maximum Gasteiger partial charge on any atom is -0.00202 e. The van der Waals surface area contributed by atoms with Crippen molar-refractivity contribution >= 4 is 21.5 Å². The number of fused-ring (bicyclic) bond motifs is 5. The highest BCUT2D eigenvalue weighted by atomic mass is 14.4. The second-order valence-electron chi connectivity index (χ2n) is 12.7. The molecular formula is C36H34. The minimum Gasteiger partial charge on any atom is -0.0587 e. The first kappa shape index (κ1) is 21.9. The zero-order chi connectivity index (χ0) is 25.0. The average Bonchev–Trinajstić information content (AvgIpc) is 2.83. The first-order valence-electron chi connectivity index (χ1n) is 13.4. The smallest absolute Gasteiger partial charge is 0.00202 e. The Kier molecular flexibility index (Phi) is 4.31. The van der Waals surface area contributed by atoms with Crippen molar-refractivity contribution in [1.82, 2.24) is 0 Å². The van der Waals surface area contributed by atoms with Crippen molar-refractivity contribution in [3.8, 4) is 22.3 Å². The van der Waals surface area contributed by atoms with E-state index in [2.05, 4.69) is 114 Å². The molecule has 2 aliphatic carbocycles. The molecule has 0 spiro atoms. The summed E-state index contributed by atoms with van der Waals surface area (Å²) in [5, 5.41) is 5.62. The maximum absolute atomic E-state index is 2.53. The van der Waals surface area contributed by atoms with Crippen LogP contribution in [0, 0.1) is 13.8 Å². The minimum atomic E-state index is 0.248. The quantitative estimate of drug-likeness (QED) is 0.227. The number of hydrogen-bond donors (Lipinski definition) is 0. The van der Waals surface area contributed by atoms with E-state index in [4.69, 9.17) is 0 Å². The zero-order valence-corrected chi connectivity index (χ0v) is 22.3. The molecule has 5 aromatic carbocycles. The molecule has 0 aromatic heterocycles. The molecule has 7 rings (SSSR count). The van der Waals surface area contributed by atoms with E-state index in [0.717, 1.165) is 12.8 Å². The summed E-state index contributed by atoms with van der Waals surface area (Å²) >= 11 is 0. The van der Waals surface area contributed by atoms with Crippen LogP contribution in [0.1, 0.15) is 61.1 Å². The molecule has 0 heterocycles. The van der Waals surface area contributed by atoms with Crippen LogP contribution >= 0.6 is 0 Å². The Balaban J connectivity index is 1.70. The van der Waals surface area contributed by atoms with Gasteiger partial charge in [0.1, 0.15) is 0 Å². The van der Waals surface area contributed by atoms with Gasteiger partial charge in [0.25, 0.3) is 0 Å². The first-order valence-corrected chi connectivity index (χ1v) is 13.4. The van der Waals surface area contributed by atoms with E-state index in [0.29, 0.717) is 0 Å². The van der Waals surface area contributed by atoms with E-state index < -0.39 is 0 Å². The number of hydrogen-bond acceptors (Lipinski definition) is 0. The molecule has 0 atom stereocenters. The lowest BCUT2D eigenvalue weighted by Crippen LogP contribution is -2.32. The van der Waals surface area contributed by atoms with Crippen molar-refractivity contribution in [2.24, 2.45) is 0 Å². The van der Waals surface area contributed by atoms with Gasteiger partial charge in [-0.2, -0.15) is 0 Å². The SMILES string of the molecule is Cc1ccc(-c2c(-c3ccc(C)cc3)c3cc4c(cc3c3cc5c(cc23)C(C)(C)C5)CC4(C)C)cc1. The maximum atomic E-state index is 2.53. The largest absolute Gasteiger partial charge is 0.0587 e. The van der Waals surface area contributed by atoms with Crippen LogP contribution in [0.4, 0.5) is 0 Å². The molecule has 0 fully saturated rings. The average molecular weight is 467 g/mol. The Morgan fingerprint density at radius 1 is 0.472 bits per heavy atom. The molecule has 0 aliphatic heterocycles. The van der Waals surface area contributed by atoms with E-state index >= 15 is 0 Å². The molecule has 0 bridgehead atoms. The van der Waals surface area contributed by atoms with E-state index in [-0.39, 0.29) is 10.8 Å². The van der Waals surface area contributed by atoms with Crippen molar-refractivity contribution < 1.29 is 0 Å². The predicted molar refractivity (Wildman–Crippen MR) is 155 cm³/mol. The summed E-state index contributed by atoms with van der Waals surface area (Å²) < 4.78 is 0. The fourth-order valence-corrected chi connectivity index (χ4v) is 6.94. The fourth-order valence-electron chi connectivity index (χ4n) is 6.94. The standard InChI is InChI=1S/C36H34/c1-21-7-11-23(12-8-21)33-29-17-31-25(19-35(31,3)4)15-27(29)28-16-26-20-36(5,6)32(26)18-30(28)34(33)24-13-9-22(2)10-14-24/h7-18H,19-20H2,1-6H3. The molecule has 0 radical (unpaired) electrons. The number of aryl methyl sites for hydroxylation is 2. The van der Waals surface area contributed by atoms with Crippen LogP contribution in [-0.4, -0.2) is 0 Å². The van der Waals surface area contributed by atoms with Gasteiger partial charge in [-0.25, -0.2) is 0 Å². The highest BCUT2D eigenvalue weighted by molar-refractivity contribution is 6.22. The fraction of sp³-hybridized carbons (Fsp3) is 0.278. The molecule has 36 heavy (non-hydrogen) atoms. The van der Waals surface area contributed by atoms with Gasteiger partial charge in [0, 0.05) is 0 Å². The van der Waals surface area contributed by atoms with Gasteiger partial charge in [-0.15, -0.1) is 0 Å². The van der Waals surface area contributed by atoms with Crippen LogP contribution in [0.15, 0.2) is 72.8 Å². The molecule has 0 unspecified atom stereocenters. The molecule has 2 aliphatic rings. The molecule has 0 nitrogen and oxygen atoms in total. The summed E-state index contributed by atoms with van der Waals surface area (Å²) in [6.07, 6.45) is 2.33. The van der Waals surface area contributed by atoms with Gasteiger partial charge in [0.2, 0.25) is 0 Å². The first-order chi connectivity index (χ1) is 17.1. The minimum absolute atomic E-state index is 0.248. The van der Waals surface area contributed by atoms with Gasteiger partial charge in [0.05, 0.1) is 0 Å². The molecule has 178 valence electrons. The van der Waals surface area contributed by atoms with E-state index in [1.54, 1.807) is 0 Å². The molecule has 5 aromatic rings. The van der Waals surface area contributed by atoms with Crippen molar-refractivity contribution in [3.05, 3.63) is 106 Å². The molecule has 0 amide bonds. The molecular weight excluding hydrogens is 432 g/mol. The van der Waals surface area contributed by atoms with Crippen LogP contribution in [0.2, 0.25) is 0 Å². The summed E-state index contributed by atoms with van der Waals surface area (Å²) in [6.45, 7) is 13.9. The highest BCUT2D eigenvalue weighted by Crippen LogP contribution is 2.52. The van der Waals surface area contributed by atoms with Gasteiger partial charge in [-0.3, -0.25) is 0 Å². The molecule has 0 N–H and O–H groups in total. The van der Waals surface area contributed by atoms with E-state index in [9.17, 15) is 0 Å². The lowest BCUT2D eigenvalue weighted by Gasteiger charge is -2.40. The summed E-state index contributed by atoms with van der Waals surface area (Å²) in [6, 6.07) is 28.4. The molecule has 0 saturated heterocycles. The van der Waals surface area contributed by atoms with Crippen LogP contribution in [0.25, 0.3) is 43.8 Å². The summed E-state index contributed by atoms with van der Waals surface area (Å²) in [5.41, 5.74) is 14.5. The second-order valence-corrected chi connectivity index (χ2v) is 12.7. The van der Waals surface area contributed by atoms with Crippen LogP contribution < -0.4 is 0 Å². The number of benzene rings is 5. The Morgan fingerprint density at radius 2 is 0.833 bits per heavy atom. The normalized spacial score (nSPS) is 16.8.